The van der Waals surface area contributed by atoms with Gasteiger partial charge in [0.15, 0.2) is 11.6 Å². The van der Waals surface area contributed by atoms with Crippen LogP contribution >= 0.6 is 0 Å². The minimum Gasteiger partial charge on any atom is -0.394 e. The first-order valence-corrected chi connectivity index (χ1v) is 13.8. The van der Waals surface area contributed by atoms with E-state index in [9.17, 15) is 19.6 Å². The second kappa shape index (κ2) is 11.9. The van der Waals surface area contributed by atoms with E-state index in [1.165, 1.54) is 18.3 Å². The number of carbonyl (C=O) groups is 1. The Bertz CT molecular complexity index is 1420. The number of halogens is 1. The van der Waals surface area contributed by atoms with Gasteiger partial charge in [-0.15, -0.1) is 0 Å². The summed E-state index contributed by atoms with van der Waals surface area (Å²) in [6, 6.07) is 16.7. The van der Waals surface area contributed by atoms with Crippen LogP contribution in [0.4, 0.5) is 21.6 Å². The van der Waals surface area contributed by atoms with Crippen molar-refractivity contribution in [3.05, 3.63) is 82.8 Å². The monoisotopic (exact) mass is 542 g/mol. The lowest BCUT2D eigenvalue weighted by Gasteiger charge is -2.41. The fraction of sp³-hybridized carbons (Fsp3) is 0.387. The van der Waals surface area contributed by atoms with Gasteiger partial charge in [0.25, 0.3) is 5.91 Å². The molecule has 208 valence electrons. The van der Waals surface area contributed by atoms with Crippen molar-refractivity contribution in [1.82, 2.24) is 9.88 Å². The van der Waals surface area contributed by atoms with E-state index in [1.54, 1.807) is 9.80 Å². The highest BCUT2D eigenvalue weighted by Gasteiger charge is 2.32. The minimum atomic E-state index is -0.443. The molecule has 8 nitrogen and oxygen atoms in total. The quantitative estimate of drug-likeness (QED) is 0.484. The number of aryl methyl sites for hydroxylation is 2. The molecule has 2 saturated heterocycles. The van der Waals surface area contributed by atoms with Crippen LogP contribution in [0.3, 0.4) is 0 Å². The average molecular weight is 543 g/mol. The van der Waals surface area contributed by atoms with E-state index < -0.39 is 11.9 Å². The second-order valence-electron chi connectivity index (χ2n) is 10.6. The molecule has 40 heavy (non-hydrogen) atoms. The van der Waals surface area contributed by atoms with Crippen LogP contribution in [0.2, 0.25) is 0 Å². The molecule has 2 aliphatic heterocycles. The number of amides is 1. The van der Waals surface area contributed by atoms with Gasteiger partial charge in [0.1, 0.15) is 6.07 Å². The first-order chi connectivity index (χ1) is 19.4. The first kappa shape index (κ1) is 27.4. The van der Waals surface area contributed by atoms with Gasteiger partial charge in [-0.2, -0.15) is 5.26 Å². The van der Waals surface area contributed by atoms with Gasteiger partial charge in [-0.1, -0.05) is 18.2 Å². The molecule has 3 heterocycles. The van der Waals surface area contributed by atoms with Gasteiger partial charge in [0.2, 0.25) is 0 Å². The van der Waals surface area contributed by atoms with E-state index in [2.05, 4.69) is 21.3 Å². The van der Waals surface area contributed by atoms with Crippen molar-refractivity contribution in [2.75, 3.05) is 54.4 Å². The molecule has 0 radical (unpaired) electrons. The number of hydrogen-bond acceptors (Lipinski definition) is 7. The number of pyridine rings is 1. The third-order valence-electron chi connectivity index (χ3n) is 8.01. The molecule has 2 fully saturated rings. The normalized spacial score (nSPS) is 18.0. The molecule has 1 atom stereocenters. The molecule has 9 heteroatoms. The zero-order chi connectivity index (χ0) is 28.2. The molecule has 0 aliphatic carbocycles. The van der Waals surface area contributed by atoms with Crippen molar-refractivity contribution in [3.8, 4) is 6.07 Å². The Balaban J connectivity index is 1.26. The number of nitrogens with one attached hydrogen (secondary N) is 1. The topological polar surface area (TPSA) is 95.7 Å². The second-order valence-corrected chi connectivity index (χ2v) is 10.6. The smallest absolute Gasteiger partial charge is 0.254 e. The fourth-order valence-electron chi connectivity index (χ4n) is 5.80. The van der Waals surface area contributed by atoms with Gasteiger partial charge >= 0.3 is 0 Å². The van der Waals surface area contributed by atoms with Crippen molar-refractivity contribution in [3.63, 3.8) is 0 Å². The highest BCUT2D eigenvalue weighted by atomic mass is 19.1. The van der Waals surface area contributed by atoms with E-state index in [4.69, 9.17) is 0 Å². The van der Waals surface area contributed by atoms with Crippen LogP contribution in [0.25, 0.3) is 0 Å². The number of aliphatic hydroxyl groups excluding tert-OH is 1. The third kappa shape index (κ3) is 5.58. The molecule has 1 aromatic heterocycles. The van der Waals surface area contributed by atoms with Crippen LogP contribution in [-0.4, -0.2) is 72.3 Å². The molecule has 2 aliphatic rings. The van der Waals surface area contributed by atoms with Crippen molar-refractivity contribution in [2.24, 2.45) is 0 Å². The van der Waals surface area contributed by atoms with Crippen molar-refractivity contribution < 1.29 is 14.3 Å². The van der Waals surface area contributed by atoms with E-state index in [-0.39, 0.29) is 30.9 Å². The molecule has 1 amide bonds. The third-order valence-corrected chi connectivity index (χ3v) is 8.01. The van der Waals surface area contributed by atoms with E-state index in [0.29, 0.717) is 24.2 Å². The van der Waals surface area contributed by atoms with E-state index >= 15 is 0 Å². The molecular formula is C31H35FN6O2. The summed E-state index contributed by atoms with van der Waals surface area (Å²) >= 11 is 0. The molecule has 2 N–H and O–H groups in total. The lowest BCUT2D eigenvalue weighted by Crippen LogP contribution is -2.56. The molecule has 0 saturated carbocycles. The number of aliphatic hydroxyl groups is 1. The molecule has 1 unspecified atom stereocenters. The summed E-state index contributed by atoms with van der Waals surface area (Å²) in [6.45, 7) is 6.54. The van der Waals surface area contributed by atoms with E-state index in [0.717, 1.165) is 48.4 Å². The number of para-hydroxylation sites is 1. The summed E-state index contributed by atoms with van der Waals surface area (Å²) in [5, 5.41) is 23.2. The maximum atomic E-state index is 14.4. The van der Waals surface area contributed by atoms with Crippen LogP contribution in [0.1, 0.15) is 39.9 Å². The Labute approximate surface area is 234 Å². The lowest BCUT2D eigenvalue weighted by atomic mass is 9.99. The van der Waals surface area contributed by atoms with E-state index in [1.807, 2.05) is 50.2 Å². The summed E-state index contributed by atoms with van der Waals surface area (Å²) in [6.07, 6.45) is 3.37. The number of nitriles is 1. The average Bonchev–Trinajstić information content (AvgIpc) is 2.98. The van der Waals surface area contributed by atoms with Crippen LogP contribution in [0.5, 0.6) is 0 Å². The number of rotatable bonds is 6. The number of piperazine rings is 1. The van der Waals surface area contributed by atoms with Crippen LogP contribution < -0.4 is 15.1 Å². The van der Waals surface area contributed by atoms with Crippen LogP contribution in [0, 0.1) is 31.0 Å². The van der Waals surface area contributed by atoms with Gasteiger partial charge < -0.3 is 25.1 Å². The number of carbonyl (C=O) groups excluding carboxylic acids is 1. The Hall–Kier alpha value is -4.16. The zero-order valence-corrected chi connectivity index (χ0v) is 23.0. The summed E-state index contributed by atoms with van der Waals surface area (Å²) in [4.78, 5) is 23.6. The number of aromatic nitrogens is 1. The first-order valence-electron chi connectivity index (χ1n) is 13.8. The molecule has 2 aromatic carbocycles. The number of anilines is 3. The summed E-state index contributed by atoms with van der Waals surface area (Å²) < 4.78 is 14.4. The largest absolute Gasteiger partial charge is 0.394 e. The van der Waals surface area contributed by atoms with Crippen molar-refractivity contribution >= 4 is 23.1 Å². The Morgan fingerprint density at radius 2 is 1.88 bits per heavy atom. The Morgan fingerprint density at radius 3 is 2.60 bits per heavy atom. The van der Waals surface area contributed by atoms with Gasteiger partial charge in [0.05, 0.1) is 23.9 Å². The minimum absolute atomic E-state index is 0.0944. The van der Waals surface area contributed by atoms with Gasteiger partial charge in [-0.05, 0) is 68.1 Å². The predicted octanol–water partition coefficient (Wildman–Crippen LogP) is 4.11. The van der Waals surface area contributed by atoms with Crippen molar-refractivity contribution in [1.29, 1.82) is 5.26 Å². The number of benzene rings is 2. The molecule has 5 rings (SSSR count). The summed E-state index contributed by atoms with van der Waals surface area (Å²) in [7, 11) is 0. The van der Waals surface area contributed by atoms with Crippen LogP contribution in [-0.2, 0) is 0 Å². The van der Waals surface area contributed by atoms with Crippen molar-refractivity contribution in [2.45, 2.75) is 38.8 Å². The lowest BCUT2D eigenvalue weighted by molar-refractivity contribution is 0.0697. The van der Waals surface area contributed by atoms with Gasteiger partial charge in [0, 0.05) is 56.2 Å². The Kier molecular flexibility index (Phi) is 8.17. The van der Waals surface area contributed by atoms with Gasteiger partial charge in [-0.25, -0.2) is 9.37 Å². The molecule has 0 spiro atoms. The Morgan fingerprint density at radius 1 is 1.10 bits per heavy atom. The number of nitrogens with zero attached hydrogens (tertiary/aromatic N) is 5. The highest BCUT2D eigenvalue weighted by molar-refractivity contribution is 5.97. The summed E-state index contributed by atoms with van der Waals surface area (Å²) in [5.74, 6) is -0.331. The molecular weight excluding hydrogens is 507 g/mol. The number of hydrogen-bond donors (Lipinski definition) is 2. The fourth-order valence-corrected chi connectivity index (χ4v) is 5.80. The maximum Gasteiger partial charge on any atom is 0.254 e. The number of piperidine rings is 1. The maximum absolute atomic E-state index is 14.4. The highest BCUT2D eigenvalue weighted by Crippen LogP contribution is 2.29. The molecule has 0 bridgehead atoms. The van der Waals surface area contributed by atoms with Crippen LogP contribution in [0.15, 0.2) is 54.7 Å². The predicted molar refractivity (Wildman–Crippen MR) is 154 cm³/mol. The standard InChI is InChI=1S/C31H35FN6O2/c1-21-16-22(2)28(35-24-9-12-36(13-10-24)29-8-4-3-6-23(29)18-33)17-26(21)31(40)37-14-15-38(25(19-37)20-39)30-27(32)7-5-11-34-30/h3-8,11,16-17,24-25,35,39H,9-10,12-15,19-20H2,1-2H3. The molecule has 3 aromatic rings. The SMILES string of the molecule is Cc1cc(C)c(C(=O)N2CCN(c3ncccc3F)C(CO)C2)cc1NC1CCN(c2ccccc2C#N)CC1. The van der Waals surface area contributed by atoms with Gasteiger partial charge in [-0.3, -0.25) is 4.79 Å². The summed E-state index contributed by atoms with van der Waals surface area (Å²) in [5.41, 5.74) is 5.22. The zero-order valence-electron chi connectivity index (χ0n) is 23.0.